The Morgan fingerprint density at radius 2 is 1.60 bits per heavy atom. The summed E-state index contributed by atoms with van der Waals surface area (Å²) in [5.74, 6) is -0.156. The number of ether oxygens (including phenoxy) is 1. The SMILES string of the molecule is CCCCCCCCc1ccc(N=Nc2c(SOO[O-])cc3cc(S(=O)(=O)[O-])cc(NS(C)(=O)=O)c3c2O)c(OCCCC)c1.[Na+].[Na+]. The van der Waals surface area contributed by atoms with Crippen LogP contribution in [0.25, 0.3) is 10.8 Å². The van der Waals surface area contributed by atoms with E-state index in [1.165, 1.54) is 31.7 Å². The summed E-state index contributed by atoms with van der Waals surface area (Å²) in [7, 11) is -9.03. The fourth-order valence-electron chi connectivity index (χ4n) is 4.55. The number of anilines is 1. The zero-order valence-electron chi connectivity index (χ0n) is 27.3. The molecule has 0 spiro atoms. The second-order valence-corrected chi connectivity index (χ2v) is 14.3. The topological polar surface area (TPSA) is 199 Å². The molecule has 18 heteroatoms. The first-order valence-electron chi connectivity index (χ1n) is 14.5. The smallest absolute Gasteiger partial charge is 0.744 e. The van der Waals surface area contributed by atoms with Crippen LogP contribution in [0.2, 0.25) is 0 Å². The minimum atomic E-state index is -5.04. The molecular formula is C29H37N3Na2O10S3. The van der Waals surface area contributed by atoms with Crippen molar-refractivity contribution in [3.05, 3.63) is 42.0 Å². The largest absolute Gasteiger partial charge is 1.00 e. The van der Waals surface area contributed by atoms with Crippen LogP contribution in [0.15, 0.2) is 56.4 Å². The second-order valence-electron chi connectivity index (χ2n) is 10.4. The van der Waals surface area contributed by atoms with Crippen LogP contribution in [0, 0.1) is 0 Å². The van der Waals surface area contributed by atoms with E-state index in [0.717, 1.165) is 56.1 Å². The first kappa shape index (κ1) is 44.0. The summed E-state index contributed by atoms with van der Waals surface area (Å²) in [6.45, 7) is 4.67. The summed E-state index contributed by atoms with van der Waals surface area (Å²) in [5.41, 5.74) is 0.770. The first-order chi connectivity index (χ1) is 21.4. The summed E-state index contributed by atoms with van der Waals surface area (Å²) >= 11 is 0.337. The maximum atomic E-state index is 12.1. The predicted octanol–water partition coefficient (Wildman–Crippen LogP) is 0.557. The molecule has 13 nitrogen and oxygen atoms in total. The van der Waals surface area contributed by atoms with Gasteiger partial charge in [0.05, 0.1) is 45.8 Å². The van der Waals surface area contributed by atoms with Gasteiger partial charge < -0.3 is 19.7 Å². The molecule has 0 heterocycles. The van der Waals surface area contributed by atoms with Gasteiger partial charge in [0.25, 0.3) is 0 Å². The third-order valence-electron chi connectivity index (χ3n) is 6.72. The molecule has 3 rings (SSSR count). The maximum Gasteiger partial charge on any atom is 1.00 e. The molecule has 0 amide bonds. The molecule has 3 aromatic rings. The molecule has 0 unspecified atom stereocenters. The van der Waals surface area contributed by atoms with E-state index in [9.17, 15) is 31.8 Å². The van der Waals surface area contributed by atoms with Gasteiger partial charge in [0, 0.05) is 0 Å². The van der Waals surface area contributed by atoms with Crippen LogP contribution in [0.4, 0.5) is 17.1 Å². The number of unbranched alkanes of at least 4 members (excludes halogenated alkanes) is 6. The number of benzene rings is 3. The zero-order valence-corrected chi connectivity index (χ0v) is 33.7. The van der Waals surface area contributed by atoms with E-state index < -0.39 is 36.5 Å². The number of aromatic hydroxyl groups is 1. The van der Waals surface area contributed by atoms with Crippen LogP contribution >= 0.6 is 12.0 Å². The third-order valence-corrected chi connectivity index (χ3v) is 8.73. The monoisotopic (exact) mass is 729 g/mol. The van der Waals surface area contributed by atoms with Crippen LogP contribution in [0.5, 0.6) is 11.5 Å². The van der Waals surface area contributed by atoms with E-state index >= 15 is 0 Å². The van der Waals surface area contributed by atoms with E-state index in [-0.39, 0.29) is 80.5 Å². The Bertz CT molecular complexity index is 1710. The number of fused-ring (bicyclic) bond motifs is 1. The van der Waals surface area contributed by atoms with Gasteiger partial charge in [-0.1, -0.05) is 58.4 Å². The van der Waals surface area contributed by atoms with Crippen molar-refractivity contribution in [2.45, 2.75) is 81.4 Å². The predicted molar refractivity (Wildman–Crippen MR) is 168 cm³/mol. The van der Waals surface area contributed by atoms with Gasteiger partial charge in [-0.3, -0.25) is 9.76 Å². The van der Waals surface area contributed by atoms with Crippen LogP contribution in [-0.4, -0.2) is 39.4 Å². The van der Waals surface area contributed by atoms with Gasteiger partial charge in [-0.25, -0.2) is 16.8 Å². The van der Waals surface area contributed by atoms with E-state index in [2.05, 4.69) is 31.2 Å². The molecule has 0 saturated carbocycles. The number of phenols is 1. The van der Waals surface area contributed by atoms with Crippen molar-refractivity contribution in [1.29, 1.82) is 0 Å². The first-order valence-corrected chi connectivity index (χ1v) is 18.5. The fourth-order valence-corrected chi connectivity index (χ4v) is 6.13. The minimum Gasteiger partial charge on any atom is -0.744 e. The van der Waals surface area contributed by atoms with Gasteiger partial charge in [0.2, 0.25) is 10.0 Å². The number of hydrogen-bond acceptors (Lipinski definition) is 13. The number of aryl methyl sites for hydroxylation is 1. The van der Waals surface area contributed by atoms with Crippen LogP contribution in [0.3, 0.4) is 0 Å². The number of sulfonamides is 1. The molecule has 2 N–H and O–H groups in total. The average Bonchev–Trinajstić information content (AvgIpc) is 2.96. The van der Waals surface area contributed by atoms with Crippen LogP contribution in [0.1, 0.15) is 70.8 Å². The zero-order chi connectivity index (χ0) is 33.0. The van der Waals surface area contributed by atoms with Crippen molar-refractivity contribution in [2.24, 2.45) is 10.2 Å². The van der Waals surface area contributed by atoms with E-state index in [1.807, 2.05) is 19.1 Å². The average molecular weight is 730 g/mol. The van der Waals surface area contributed by atoms with Crippen molar-refractivity contribution in [3.63, 3.8) is 0 Å². The van der Waals surface area contributed by atoms with Crippen molar-refractivity contribution < 1.29 is 105 Å². The number of hydrogen-bond donors (Lipinski definition) is 2. The minimum absolute atomic E-state index is 0. The van der Waals surface area contributed by atoms with E-state index in [1.54, 1.807) is 6.07 Å². The quantitative estimate of drug-likeness (QED) is 0.0332. The normalized spacial score (nSPS) is 11.8. The molecular weight excluding hydrogens is 693 g/mol. The van der Waals surface area contributed by atoms with Crippen molar-refractivity contribution in [1.82, 2.24) is 0 Å². The van der Waals surface area contributed by atoms with Gasteiger partial charge >= 0.3 is 59.1 Å². The van der Waals surface area contributed by atoms with Gasteiger partial charge in [-0.15, -0.1) is 10.2 Å². The number of azo groups is 1. The van der Waals surface area contributed by atoms with Gasteiger partial charge in [-0.05, 0) is 60.5 Å². The maximum absolute atomic E-state index is 12.1. The molecule has 0 fully saturated rings. The summed E-state index contributed by atoms with van der Waals surface area (Å²) in [6, 6.07) is 8.52. The fraction of sp³-hybridized carbons (Fsp3) is 0.448. The Hall–Kier alpha value is -0.990. The molecule has 0 radical (unpaired) electrons. The molecule has 0 aliphatic carbocycles. The van der Waals surface area contributed by atoms with Crippen LogP contribution in [-0.2, 0) is 35.9 Å². The second kappa shape index (κ2) is 21.3. The molecule has 248 valence electrons. The third kappa shape index (κ3) is 14.0. The van der Waals surface area contributed by atoms with E-state index in [4.69, 9.17) is 4.74 Å². The number of nitrogens with zero attached hydrogens (tertiary/aromatic N) is 2. The summed E-state index contributed by atoms with van der Waals surface area (Å²) in [5, 5.41) is 33.6. The van der Waals surface area contributed by atoms with Crippen molar-refractivity contribution in [2.75, 3.05) is 17.6 Å². The molecule has 0 aromatic heterocycles. The van der Waals surface area contributed by atoms with Gasteiger partial charge in [0.1, 0.15) is 27.2 Å². The Morgan fingerprint density at radius 3 is 2.23 bits per heavy atom. The van der Waals surface area contributed by atoms with Gasteiger partial charge in [-0.2, -0.15) is 4.33 Å². The Labute approximate surface area is 324 Å². The molecule has 0 saturated heterocycles. The standard InChI is InChI=1S/C29H39N3O10S3.2Na/c1-4-6-8-9-10-11-12-20-13-14-23(25(16-20)40-15-7-5-2)30-31-28-26(43-42-41-34)18-21-17-22(45(37,38)39)19-24(27(21)29(28)33)32-44(3,35)36;;/h13-14,16-19,32-34H,4-12,15H2,1-3H3,(H,37,38,39);;/q;2*+1/p-2. The molecule has 0 aliphatic rings. The Kier molecular flexibility index (Phi) is 19.9. The molecule has 0 atom stereocenters. The summed E-state index contributed by atoms with van der Waals surface area (Å²) in [6.07, 6.45) is 10.4. The number of phenolic OH excluding ortho intramolecular Hbond substituents is 1. The van der Waals surface area contributed by atoms with Crippen molar-refractivity contribution in [3.8, 4) is 11.5 Å². The Morgan fingerprint density at radius 1 is 0.915 bits per heavy atom. The van der Waals surface area contributed by atoms with E-state index in [0.29, 0.717) is 30.1 Å². The number of nitrogens with one attached hydrogen (secondary N) is 1. The van der Waals surface area contributed by atoms with Gasteiger partial charge in [0.15, 0.2) is 5.75 Å². The molecule has 47 heavy (non-hydrogen) atoms. The Balaban J connectivity index is 0.00000552. The van der Waals surface area contributed by atoms with Crippen molar-refractivity contribution >= 4 is 60.0 Å². The number of rotatable bonds is 19. The summed E-state index contributed by atoms with van der Waals surface area (Å²) < 4.78 is 72.1. The van der Waals surface area contributed by atoms with Crippen LogP contribution < -0.4 is 73.8 Å². The summed E-state index contributed by atoms with van der Waals surface area (Å²) in [4.78, 5) is -0.819. The molecule has 0 bridgehead atoms. The molecule has 3 aromatic carbocycles. The molecule has 0 aliphatic heterocycles.